The zero-order valence-electron chi connectivity index (χ0n) is 9.62. The van der Waals surface area contributed by atoms with Crippen molar-refractivity contribution >= 4 is 11.6 Å². The molecule has 0 radical (unpaired) electrons. The van der Waals surface area contributed by atoms with Crippen LogP contribution in [0.4, 0.5) is 0 Å². The number of hydrogen-bond acceptors (Lipinski definition) is 1. The summed E-state index contributed by atoms with van der Waals surface area (Å²) in [4.78, 5) is 0. The van der Waals surface area contributed by atoms with Gasteiger partial charge in [-0.15, -0.1) is 0 Å². The van der Waals surface area contributed by atoms with Crippen molar-refractivity contribution in [2.24, 2.45) is 5.73 Å². The minimum Gasteiger partial charge on any atom is -0.346 e. The summed E-state index contributed by atoms with van der Waals surface area (Å²) in [7, 11) is 0. The summed E-state index contributed by atoms with van der Waals surface area (Å²) >= 11 is 6.11. The summed E-state index contributed by atoms with van der Waals surface area (Å²) in [5, 5.41) is 0.803. The summed E-state index contributed by atoms with van der Waals surface area (Å²) in [6.07, 6.45) is 4.35. The van der Waals surface area contributed by atoms with Crippen LogP contribution in [0.25, 0.3) is 11.3 Å². The first kappa shape index (κ1) is 10.9. The van der Waals surface area contributed by atoms with E-state index in [9.17, 15) is 0 Å². The molecule has 0 saturated heterocycles. The number of hydrogen-bond donors (Lipinski definition) is 1. The molecule has 1 aliphatic rings. The number of nitrogens with two attached hydrogens (primary N) is 1. The van der Waals surface area contributed by atoms with Crippen LogP contribution in [0.2, 0.25) is 5.02 Å². The summed E-state index contributed by atoms with van der Waals surface area (Å²) in [5.41, 5.74) is 11.0. The van der Waals surface area contributed by atoms with Gasteiger partial charge in [0.1, 0.15) is 0 Å². The van der Waals surface area contributed by atoms with Crippen LogP contribution in [-0.4, -0.2) is 11.1 Å². The van der Waals surface area contributed by atoms with Crippen molar-refractivity contribution in [1.82, 2.24) is 4.57 Å². The average Bonchev–Trinajstić information content (AvgIpc) is 2.73. The second kappa shape index (κ2) is 4.21. The van der Waals surface area contributed by atoms with Crippen LogP contribution >= 0.6 is 11.6 Å². The van der Waals surface area contributed by atoms with Gasteiger partial charge in [-0.3, -0.25) is 0 Å². The molecule has 0 amide bonds. The Hall–Kier alpha value is -1.25. The quantitative estimate of drug-likeness (QED) is 0.868. The van der Waals surface area contributed by atoms with Crippen molar-refractivity contribution < 1.29 is 0 Å². The maximum atomic E-state index is 6.11. The fourth-order valence-corrected chi connectivity index (χ4v) is 2.80. The van der Waals surface area contributed by atoms with Gasteiger partial charge in [-0.1, -0.05) is 17.7 Å². The van der Waals surface area contributed by atoms with Gasteiger partial charge in [0.2, 0.25) is 0 Å². The van der Waals surface area contributed by atoms with Gasteiger partial charge in [0.25, 0.3) is 0 Å². The first-order chi connectivity index (χ1) is 8.29. The predicted octanol–water partition coefficient (Wildman–Crippen LogP) is 2.87. The van der Waals surface area contributed by atoms with E-state index >= 15 is 0 Å². The molecule has 2 aromatic rings. The second-order valence-corrected chi connectivity index (χ2v) is 4.91. The number of aryl methyl sites for hydroxylation is 2. The highest BCUT2D eigenvalue weighted by Crippen LogP contribution is 2.35. The first-order valence-electron chi connectivity index (χ1n) is 5.96. The van der Waals surface area contributed by atoms with E-state index in [-0.39, 0.29) is 0 Å². The fraction of sp³-hybridized carbons (Fsp3) is 0.286. The van der Waals surface area contributed by atoms with Crippen molar-refractivity contribution in [2.45, 2.75) is 19.4 Å². The zero-order valence-corrected chi connectivity index (χ0v) is 10.4. The van der Waals surface area contributed by atoms with Crippen LogP contribution in [-0.2, 0) is 19.4 Å². The summed E-state index contributed by atoms with van der Waals surface area (Å²) < 4.78 is 2.24. The first-order valence-corrected chi connectivity index (χ1v) is 6.34. The largest absolute Gasteiger partial charge is 0.346 e. The van der Waals surface area contributed by atoms with Gasteiger partial charge in [-0.05, 0) is 42.2 Å². The van der Waals surface area contributed by atoms with Gasteiger partial charge < -0.3 is 10.3 Å². The standard InChI is InChI=1S/C14H15ClN2/c15-12-4-3-10-1-2-11-5-7-17(8-6-16)14(11)13(10)9-12/h3-5,7,9H,1-2,6,8,16H2. The number of fused-ring (bicyclic) bond motifs is 3. The molecule has 17 heavy (non-hydrogen) atoms. The van der Waals surface area contributed by atoms with E-state index in [1.165, 1.54) is 22.4 Å². The second-order valence-electron chi connectivity index (χ2n) is 4.47. The van der Waals surface area contributed by atoms with Crippen molar-refractivity contribution in [3.63, 3.8) is 0 Å². The summed E-state index contributed by atoms with van der Waals surface area (Å²) in [6.45, 7) is 1.53. The molecular weight excluding hydrogens is 232 g/mol. The lowest BCUT2D eigenvalue weighted by atomic mass is 9.90. The van der Waals surface area contributed by atoms with Gasteiger partial charge in [0.15, 0.2) is 0 Å². The van der Waals surface area contributed by atoms with Crippen LogP contribution in [0.3, 0.4) is 0 Å². The molecule has 3 rings (SSSR count). The monoisotopic (exact) mass is 246 g/mol. The maximum Gasteiger partial charge on any atom is 0.0516 e. The third kappa shape index (κ3) is 1.78. The van der Waals surface area contributed by atoms with Crippen LogP contribution in [0.5, 0.6) is 0 Å². The smallest absolute Gasteiger partial charge is 0.0516 e. The van der Waals surface area contributed by atoms with E-state index in [2.05, 4.69) is 29.0 Å². The lowest BCUT2D eigenvalue weighted by Gasteiger charge is -2.19. The average molecular weight is 247 g/mol. The lowest BCUT2D eigenvalue weighted by Crippen LogP contribution is -2.12. The summed E-state index contributed by atoms with van der Waals surface area (Å²) in [5.74, 6) is 0. The number of nitrogens with zero attached hydrogens (tertiary/aromatic N) is 1. The molecule has 2 N–H and O–H groups in total. The van der Waals surface area contributed by atoms with Gasteiger partial charge in [-0.2, -0.15) is 0 Å². The highest BCUT2D eigenvalue weighted by Gasteiger charge is 2.19. The fourth-order valence-electron chi connectivity index (χ4n) is 2.63. The molecule has 0 aliphatic heterocycles. The molecule has 0 spiro atoms. The van der Waals surface area contributed by atoms with Gasteiger partial charge in [0.05, 0.1) is 5.69 Å². The third-order valence-corrected chi connectivity index (χ3v) is 3.64. The molecule has 88 valence electrons. The zero-order chi connectivity index (χ0) is 11.8. The summed E-state index contributed by atoms with van der Waals surface area (Å²) in [6, 6.07) is 8.39. The minimum absolute atomic E-state index is 0.664. The molecule has 3 heteroatoms. The SMILES string of the molecule is NCCn1ccc2c1-c1cc(Cl)ccc1CC2. The van der Waals surface area contributed by atoms with Crippen molar-refractivity contribution in [1.29, 1.82) is 0 Å². The highest BCUT2D eigenvalue weighted by molar-refractivity contribution is 6.30. The molecule has 0 atom stereocenters. The van der Waals surface area contributed by atoms with Crippen molar-refractivity contribution in [3.05, 3.63) is 46.6 Å². The third-order valence-electron chi connectivity index (χ3n) is 3.41. The Labute approximate surface area is 106 Å². The van der Waals surface area contributed by atoms with Gasteiger partial charge in [0, 0.05) is 29.9 Å². The molecule has 1 aromatic carbocycles. The lowest BCUT2D eigenvalue weighted by molar-refractivity contribution is 0.714. The molecular formula is C14H15ClN2. The maximum absolute atomic E-state index is 6.11. The van der Waals surface area contributed by atoms with E-state index in [1.54, 1.807) is 0 Å². The van der Waals surface area contributed by atoms with Gasteiger partial charge in [-0.25, -0.2) is 0 Å². The van der Waals surface area contributed by atoms with E-state index in [0.717, 1.165) is 24.4 Å². The van der Waals surface area contributed by atoms with Crippen molar-refractivity contribution in [2.75, 3.05) is 6.54 Å². The molecule has 1 heterocycles. The Bertz CT molecular complexity index is 557. The van der Waals surface area contributed by atoms with E-state index in [0.29, 0.717) is 6.54 Å². The number of rotatable bonds is 2. The number of benzene rings is 1. The molecule has 0 saturated carbocycles. The predicted molar refractivity (Wildman–Crippen MR) is 71.3 cm³/mol. The van der Waals surface area contributed by atoms with E-state index < -0.39 is 0 Å². The Morgan fingerprint density at radius 3 is 2.82 bits per heavy atom. The molecule has 2 nitrogen and oxygen atoms in total. The molecule has 0 fully saturated rings. The Morgan fingerprint density at radius 2 is 2.00 bits per heavy atom. The van der Waals surface area contributed by atoms with Crippen LogP contribution < -0.4 is 5.73 Å². The van der Waals surface area contributed by atoms with E-state index in [1.807, 2.05) is 6.07 Å². The normalized spacial score (nSPS) is 13.3. The molecule has 0 unspecified atom stereocenters. The Kier molecular flexibility index (Phi) is 2.69. The number of halogens is 1. The molecule has 0 bridgehead atoms. The van der Waals surface area contributed by atoms with Crippen LogP contribution in [0.15, 0.2) is 30.5 Å². The Morgan fingerprint density at radius 1 is 1.18 bits per heavy atom. The van der Waals surface area contributed by atoms with Crippen LogP contribution in [0, 0.1) is 0 Å². The van der Waals surface area contributed by atoms with E-state index in [4.69, 9.17) is 17.3 Å². The highest BCUT2D eigenvalue weighted by atomic mass is 35.5. The topological polar surface area (TPSA) is 30.9 Å². The Balaban J connectivity index is 2.19. The minimum atomic E-state index is 0.664. The number of aromatic nitrogens is 1. The molecule has 1 aromatic heterocycles. The van der Waals surface area contributed by atoms with Crippen molar-refractivity contribution in [3.8, 4) is 11.3 Å². The van der Waals surface area contributed by atoms with Crippen LogP contribution in [0.1, 0.15) is 11.1 Å². The molecule has 1 aliphatic carbocycles. The van der Waals surface area contributed by atoms with Gasteiger partial charge >= 0.3 is 0 Å².